The van der Waals surface area contributed by atoms with E-state index in [0.717, 1.165) is 16.8 Å². The Morgan fingerprint density at radius 3 is 2.52 bits per heavy atom. The number of benzene rings is 1. The molecule has 124 valence electrons. The Bertz CT molecular complexity index is 710. The zero-order chi connectivity index (χ0) is 17.1. The average molecular weight is 333 g/mol. The van der Waals surface area contributed by atoms with Crippen molar-refractivity contribution in [2.45, 2.75) is 50.9 Å². The number of anilines is 1. The average Bonchev–Trinajstić information content (AvgIpc) is 2.80. The van der Waals surface area contributed by atoms with Crippen LogP contribution in [0.4, 0.5) is 5.69 Å². The van der Waals surface area contributed by atoms with E-state index in [1.807, 2.05) is 32.0 Å². The van der Waals surface area contributed by atoms with Crippen molar-refractivity contribution < 1.29 is 4.79 Å². The number of aromatic nitrogens is 3. The molecule has 0 spiro atoms. The number of carbonyl (C=O) groups excluding carboxylic acids is 1. The van der Waals surface area contributed by atoms with Crippen molar-refractivity contribution in [2.75, 3.05) is 11.2 Å². The minimum absolute atomic E-state index is 0.0770. The van der Waals surface area contributed by atoms with E-state index in [4.69, 9.17) is 5.84 Å². The topological polar surface area (TPSA) is 85.8 Å². The van der Waals surface area contributed by atoms with Gasteiger partial charge in [-0.2, -0.15) is 0 Å². The van der Waals surface area contributed by atoms with E-state index in [0.29, 0.717) is 16.9 Å². The molecule has 1 aromatic heterocycles. The van der Waals surface area contributed by atoms with E-state index in [9.17, 15) is 4.79 Å². The predicted molar refractivity (Wildman–Crippen MR) is 94.1 cm³/mol. The van der Waals surface area contributed by atoms with E-state index in [1.54, 1.807) is 6.92 Å². The molecule has 0 unspecified atom stereocenters. The molecule has 0 saturated heterocycles. The number of thioether (sulfide) groups is 1. The molecule has 1 heterocycles. The number of hydrogen-bond acceptors (Lipinski definition) is 5. The molecule has 2 rings (SSSR count). The van der Waals surface area contributed by atoms with Crippen LogP contribution in [0.25, 0.3) is 0 Å². The Labute approximate surface area is 140 Å². The summed E-state index contributed by atoms with van der Waals surface area (Å²) in [5, 5.41) is 11.1. The molecule has 23 heavy (non-hydrogen) atoms. The van der Waals surface area contributed by atoms with Gasteiger partial charge in [0.05, 0.1) is 5.25 Å². The van der Waals surface area contributed by atoms with Crippen LogP contribution in [0.1, 0.15) is 43.6 Å². The van der Waals surface area contributed by atoms with Gasteiger partial charge in [0, 0.05) is 5.69 Å². The van der Waals surface area contributed by atoms with Gasteiger partial charge in [0.15, 0.2) is 0 Å². The smallest absolute Gasteiger partial charge is 0.237 e. The molecule has 3 N–H and O–H groups in total. The van der Waals surface area contributed by atoms with Crippen molar-refractivity contribution in [2.24, 2.45) is 0 Å². The molecule has 0 fully saturated rings. The number of carbonyl (C=O) groups is 1. The third kappa shape index (κ3) is 3.85. The summed E-state index contributed by atoms with van der Waals surface area (Å²) in [7, 11) is 0. The first kappa shape index (κ1) is 17.3. The number of amides is 1. The summed E-state index contributed by atoms with van der Waals surface area (Å²) in [5.74, 6) is 6.70. The molecule has 0 saturated carbocycles. The van der Waals surface area contributed by atoms with Crippen LogP contribution in [0.5, 0.6) is 0 Å². The Morgan fingerprint density at radius 1 is 1.26 bits per heavy atom. The van der Waals surface area contributed by atoms with Crippen LogP contribution in [-0.2, 0) is 4.79 Å². The molecule has 0 aliphatic carbocycles. The molecule has 7 heteroatoms. The fourth-order valence-electron chi connectivity index (χ4n) is 2.21. The van der Waals surface area contributed by atoms with E-state index in [1.165, 1.54) is 16.4 Å². The lowest BCUT2D eigenvalue weighted by atomic mass is 9.98. The first-order chi connectivity index (χ1) is 10.8. The largest absolute Gasteiger partial charge is 0.336 e. The maximum atomic E-state index is 12.5. The maximum Gasteiger partial charge on any atom is 0.237 e. The van der Waals surface area contributed by atoms with Crippen molar-refractivity contribution in [3.05, 3.63) is 35.2 Å². The number of nitrogen functional groups attached to an aromatic ring is 1. The van der Waals surface area contributed by atoms with Gasteiger partial charge in [0.1, 0.15) is 5.82 Å². The first-order valence-corrected chi connectivity index (χ1v) is 8.43. The fraction of sp³-hybridized carbons (Fsp3) is 0.438. The predicted octanol–water partition coefficient (Wildman–Crippen LogP) is 2.85. The summed E-state index contributed by atoms with van der Waals surface area (Å²) in [6.07, 6.45) is 0. The summed E-state index contributed by atoms with van der Waals surface area (Å²) in [6.45, 7) is 9.82. The second-order valence-electron chi connectivity index (χ2n) is 5.84. The van der Waals surface area contributed by atoms with Crippen LogP contribution in [0.15, 0.2) is 23.4 Å². The highest BCUT2D eigenvalue weighted by molar-refractivity contribution is 8.00. The van der Waals surface area contributed by atoms with Gasteiger partial charge < -0.3 is 11.2 Å². The summed E-state index contributed by atoms with van der Waals surface area (Å²) in [4.78, 5) is 12.5. The molecule has 1 aromatic carbocycles. The van der Waals surface area contributed by atoms with Crippen LogP contribution in [-0.4, -0.2) is 26.0 Å². The number of nitrogens with one attached hydrogen (secondary N) is 1. The normalized spacial score (nSPS) is 12.4. The van der Waals surface area contributed by atoms with E-state index >= 15 is 0 Å². The van der Waals surface area contributed by atoms with Crippen LogP contribution in [0.3, 0.4) is 0 Å². The molecule has 6 nitrogen and oxygen atoms in total. The minimum atomic E-state index is -0.333. The van der Waals surface area contributed by atoms with Crippen molar-refractivity contribution in [3.63, 3.8) is 0 Å². The van der Waals surface area contributed by atoms with E-state index < -0.39 is 0 Å². The first-order valence-electron chi connectivity index (χ1n) is 7.55. The lowest BCUT2D eigenvalue weighted by Gasteiger charge is -2.18. The molecule has 0 aliphatic rings. The number of nitrogens with zero attached hydrogens (tertiary/aromatic N) is 3. The number of aryl methyl sites for hydroxylation is 2. The molecule has 0 radical (unpaired) electrons. The number of hydrogen-bond donors (Lipinski definition) is 2. The minimum Gasteiger partial charge on any atom is -0.336 e. The highest BCUT2D eigenvalue weighted by atomic mass is 32.2. The Balaban J connectivity index is 2.14. The Morgan fingerprint density at radius 2 is 1.96 bits per heavy atom. The number of para-hydroxylation sites is 1. The summed E-state index contributed by atoms with van der Waals surface area (Å²) in [6, 6.07) is 6.06. The lowest BCUT2D eigenvalue weighted by Crippen LogP contribution is -2.25. The molecule has 0 aliphatic heterocycles. The van der Waals surface area contributed by atoms with Crippen molar-refractivity contribution in [3.8, 4) is 0 Å². The van der Waals surface area contributed by atoms with Gasteiger partial charge in [-0.15, -0.1) is 10.2 Å². The number of rotatable bonds is 5. The molecule has 1 atom stereocenters. The highest BCUT2D eigenvalue weighted by Gasteiger charge is 2.20. The van der Waals surface area contributed by atoms with Gasteiger partial charge in [0.2, 0.25) is 11.1 Å². The van der Waals surface area contributed by atoms with Crippen molar-refractivity contribution >= 4 is 23.4 Å². The fourth-order valence-corrected chi connectivity index (χ4v) is 3.02. The SMILES string of the molecule is Cc1cccc(C(C)C)c1NC(=O)[C@@H](C)Sc1nnc(C)n1N. The Hall–Kier alpha value is -2.02. The van der Waals surface area contributed by atoms with Gasteiger partial charge in [-0.25, -0.2) is 4.68 Å². The maximum absolute atomic E-state index is 12.5. The third-order valence-electron chi connectivity index (χ3n) is 3.66. The summed E-state index contributed by atoms with van der Waals surface area (Å²) < 4.78 is 1.39. The standard InChI is InChI=1S/C16H23N5OS/c1-9(2)13-8-6-7-10(3)14(13)18-15(22)11(4)23-16-20-19-12(5)21(16)17/h6-9,11H,17H2,1-5H3,(H,18,22)/t11-/m1/s1. The van der Waals surface area contributed by atoms with E-state index in [-0.39, 0.29) is 11.2 Å². The third-order valence-corrected chi connectivity index (χ3v) is 4.72. The second-order valence-corrected chi connectivity index (χ2v) is 7.15. The molecule has 1 amide bonds. The van der Waals surface area contributed by atoms with Gasteiger partial charge >= 0.3 is 0 Å². The zero-order valence-electron chi connectivity index (χ0n) is 14.1. The molecule has 2 aromatic rings. The Kier molecular flexibility index (Phi) is 5.30. The highest BCUT2D eigenvalue weighted by Crippen LogP contribution is 2.29. The van der Waals surface area contributed by atoms with Crippen LogP contribution in [0, 0.1) is 13.8 Å². The quantitative estimate of drug-likeness (QED) is 0.649. The zero-order valence-corrected chi connectivity index (χ0v) is 14.9. The van der Waals surface area contributed by atoms with Gasteiger partial charge in [-0.1, -0.05) is 43.8 Å². The number of nitrogens with two attached hydrogens (primary N) is 1. The van der Waals surface area contributed by atoms with Crippen molar-refractivity contribution in [1.29, 1.82) is 0 Å². The monoisotopic (exact) mass is 333 g/mol. The molecular formula is C16H23N5OS. The summed E-state index contributed by atoms with van der Waals surface area (Å²) in [5.41, 5.74) is 3.08. The van der Waals surface area contributed by atoms with E-state index in [2.05, 4.69) is 29.4 Å². The van der Waals surface area contributed by atoms with Crippen LogP contribution < -0.4 is 11.2 Å². The summed E-state index contributed by atoms with van der Waals surface area (Å²) >= 11 is 1.29. The van der Waals surface area contributed by atoms with Crippen LogP contribution >= 0.6 is 11.8 Å². The molecule has 0 bridgehead atoms. The van der Waals surface area contributed by atoms with Crippen LogP contribution in [0.2, 0.25) is 0 Å². The van der Waals surface area contributed by atoms with Gasteiger partial charge in [-0.05, 0) is 37.8 Å². The van der Waals surface area contributed by atoms with Gasteiger partial charge in [-0.3, -0.25) is 4.79 Å². The van der Waals surface area contributed by atoms with Crippen molar-refractivity contribution in [1.82, 2.24) is 14.9 Å². The lowest BCUT2D eigenvalue weighted by molar-refractivity contribution is -0.115. The van der Waals surface area contributed by atoms with Gasteiger partial charge in [0.25, 0.3) is 0 Å². The molecular weight excluding hydrogens is 310 g/mol. The second kappa shape index (κ2) is 7.04.